The number of nitrogens with two attached hydrogens (primary N) is 1. The third-order valence-electron chi connectivity index (χ3n) is 5.31. The molecule has 1 heterocycles. The maximum atomic E-state index is 6.02. The summed E-state index contributed by atoms with van der Waals surface area (Å²) in [6.07, 6.45) is 6.30. The summed E-state index contributed by atoms with van der Waals surface area (Å²) in [5.74, 6) is 0.446. The Morgan fingerprint density at radius 2 is 1.55 bits per heavy atom. The third kappa shape index (κ3) is 4.80. The summed E-state index contributed by atoms with van der Waals surface area (Å²) in [5.41, 5.74) is 11.5. The summed E-state index contributed by atoms with van der Waals surface area (Å²) in [4.78, 5) is 7.83. The number of aromatic amines is 1. The number of nitrogens with one attached hydrogen (secondary N) is 1. The molecule has 3 nitrogen and oxygen atoms in total. The van der Waals surface area contributed by atoms with Gasteiger partial charge in [-0.05, 0) is 35.2 Å². The minimum Gasteiger partial charge on any atom is -0.369 e. The van der Waals surface area contributed by atoms with E-state index in [0.29, 0.717) is 5.95 Å². The van der Waals surface area contributed by atoms with Gasteiger partial charge >= 0.3 is 0 Å². The van der Waals surface area contributed by atoms with Crippen molar-refractivity contribution in [1.29, 1.82) is 0 Å². The first-order chi connectivity index (χ1) is 13.7. The molecule has 0 fully saturated rings. The number of halogens is 1. The van der Waals surface area contributed by atoms with E-state index in [1.54, 1.807) is 0 Å². The highest BCUT2D eigenvalue weighted by Gasteiger charge is 2.13. The van der Waals surface area contributed by atoms with Crippen molar-refractivity contribution in [1.82, 2.24) is 9.97 Å². The Morgan fingerprint density at radius 3 is 2.31 bits per heavy atom. The number of hydrogen-bond donors (Lipinski definition) is 2. The van der Waals surface area contributed by atoms with Gasteiger partial charge in [-0.1, -0.05) is 86.8 Å². The van der Waals surface area contributed by atoms with Gasteiger partial charge in [-0.25, -0.2) is 4.98 Å². The molecule has 3 N–H and O–H groups in total. The van der Waals surface area contributed by atoms with Crippen LogP contribution < -0.4 is 5.73 Å². The van der Waals surface area contributed by atoms with Crippen molar-refractivity contribution in [2.24, 2.45) is 0 Å². The molecule has 0 saturated carbocycles. The largest absolute Gasteiger partial charge is 0.369 e. The lowest BCUT2D eigenvalue weighted by molar-refractivity contribution is 0.667. The molecule has 4 aromatic rings. The Bertz CT molecular complexity index is 1070. The Hall–Kier alpha value is -2.78. The van der Waals surface area contributed by atoms with E-state index < -0.39 is 0 Å². The highest BCUT2D eigenvalue weighted by molar-refractivity contribution is 5.89. The van der Waals surface area contributed by atoms with E-state index in [9.17, 15) is 0 Å². The van der Waals surface area contributed by atoms with Gasteiger partial charge in [-0.3, -0.25) is 0 Å². The molecule has 1 aromatic heterocycles. The molecule has 0 amide bonds. The van der Waals surface area contributed by atoms with Gasteiger partial charge in [0, 0.05) is 11.1 Å². The van der Waals surface area contributed by atoms with Crippen LogP contribution in [0.15, 0.2) is 66.7 Å². The molecule has 0 radical (unpaired) electrons. The number of rotatable bonds is 7. The van der Waals surface area contributed by atoms with Crippen LogP contribution in [0.1, 0.15) is 38.2 Å². The summed E-state index contributed by atoms with van der Waals surface area (Å²) in [6.45, 7) is 2.25. The number of anilines is 1. The highest BCUT2D eigenvalue weighted by atomic mass is 35.5. The molecule has 0 saturated heterocycles. The predicted molar refractivity (Wildman–Crippen MR) is 126 cm³/mol. The summed E-state index contributed by atoms with van der Waals surface area (Å²) >= 11 is 0. The van der Waals surface area contributed by atoms with Crippen molar-refractivity contribution in [3.8, 4) is 22.5 Å². The predicted octanol–water partition coefficient (Wildman–Crippen LogP) is 7.02. The van der Waals surface area contributed by atoms with Crippen LogP contribution in [-0.4, -0.2) is 9.97 Å². The molecular weight excluding hydrogens is 378 g/mol. The van der Waals surface area contributed by atoms with E-state index in [1.165, 1.54) is 42.0 Å². The van der Waals surface area contributed by atoms with Crippen molar-refractivity contribution in [3.05, 3.63) is 72.3 Å². The van der Waals surface area contributed by atoms with Gasteiger partial charge in [0.15, 0.2) is 5.95 Å². The van der Waals surface area contributed by atoms with Crippen LogP contribution in [0.4, 0.5) is 5.95 Å². The number of fused-ring (bicyclic) bond motifs is 1. The highest BCUT2D eigenvalue weighted by Crippen LogP contribution is 2.32. The first-order valence-corrected chi connectivity index (χ1v) is 10.2. The van der Waals surface area contributed by atoms with E-state index in [2.05, 4.69) is 83.6 Å². The summed E-state index contributed by atoms with van der Waals surface area (Å²) in [5, 5.41) is 2.43. The van der Waals surface area contributed by atoms with Gasteiger partial charge in [0.25, 0.3) is 0 Å². The van der Waals surface area contributed by atoms with Gasteiger partial charge in [0.2, 0.25) is 0 Å². The van der Waals surface area contributed by atoms with Crippen LogP contribution in [0.5, 0.6) is 0 Å². The smallest absolute Gasteiger partial charge is 0.198 e. The minimum absolute atomic E-state index is 0. The first-order valence-electron chi connectivity index (χ1n) is 10.2. The first kappa shape index (κ1) is 20.9. The second-order valence-corrected chi connectivity index (χ2v) is 7.42. The Morgan fingerprint density at radius 1 is 0.828 bits per heavy atom. The fraction of sp³-hybridized carbons (Fsp3) is 0.240. The molecule has 0 spiro atoms. The SMILES string of the molecule is CCCCCCc1ccc(-c2[nH]c(N)nc2-c2ccc3ccccc3c2)cc1.Cl. The lowest BCUT2D eigenvalue weighted by atomic mass is 10.00. The quantitative estimate of drug-likeness (QED) is 0.324. The number of imidazole rings is 1. The average molecular weight is 406 g/mol. The van der Waals surface area contributed by atoms with Gasteiger partial charge in [0.1, 0.15) is 0 Å². The Balaban J connectivity index is 0.00000240. The van der Waals surface area contributed by atoms with Gasteiger partial charge in [0.05, 0.1) is 11.4 Å². The van der Waals surface area contributed by atoms with Gasteiger partial charge in [-0.2, -0.15) is 0 Å². The van der Waals surface area contributed by atoms with Crippen LogP contribution >= 0.6 is 12.4 Å². The zero-order valence-corrected chi connectivity index (χ0v) is 17.6. The van der Waals surface area contributed by atoms with E-state index in [0.717, 1.165) is 28.9 Å². The number of unbranched alkanes of at least 4 members (excludes halogenated alkanes) is 3. The minimum atomic E-state index is 0. The second-order valence-electron chi connectivity index (χ2n) is 7.42. The molecule has 0 aliphatic heterocycles. The van der Waals surface area contributed by atoms with Gasteiger partial charge in [-0.15, -0.1) is 12.4 Å². The third-order valence-corrected chi connectivity index (χ3v) is 5.31. The molecule has 0 bridgehead atoms. The van der Waals surface area contributed by atoms with E-state index in [4.69, 9.17) is 5.73 Å². The maximum Gasteiger partial charge on any atom is 0.198 e. The number of nitrogens with zero attached hydrogens (tertiary/aromatic N) is 1. The summed E-state index contributed by atoms with van der Waals surface area (Å²) < 4.78 is 0. The van der Waals surface area contributed by atoms with Crippen LogP contribution in [0.3, 0.4) is 0 Å². The number of aryl methyl sites for hydroxylation is 1. The van der Waals surface area contributed by atoms with Crippen LogP contribution in [-0.2, 0) is 6.42 Å². The van der Waals surface area contributed by atoms with E-state index in [-0.39, 0.29) is 12.4 Å². The Labute approximate surface area is 178 Å². The summed E-state index contributed by atoms with van der Waals surface area (Å²) in [6, 6.07) is 23.6. The molecule has 4 heteroatoms. The fourth-order valence-electron chi connectivity index (χ4n) is 3.74. The van der Waals surface area contributed by atoms with Crippen molar-refractivity contribution in [3.63, 3.8) is 0 Å². The van der Waals surface area contributed by atoms with Crippen molar-refractivity contribution in [2.45, 2.75) is 39.0 Å². The standard InChI is InChI=1S/C25H27N3.ClH/c1-2-3-4-5-8-18-11-13-20(14-12-18)23-24(28-25(26)27-23)22-16-15-19-9-6-7-10-21(19)17-22;/h6-7,9-17H,2-5,8H2,1H3,(H3,26,27,28);1H. The monoisotopic (exact) mass is 405 g/mol. The zero-order valence-electron chi connectivity index (χ0n) is 16.8. The van der Waals surface area contributed by atoms with Crippen molar-refractivity contribution in [2.75, 3.05) is 5.73 Å². The van der Waals surface area contributed by atoms with Crippen LogP contribution in [0.2, 0.25) is 0 Å². The lowest BCUT2D eigenvalue weighted by Gasteiger charge is -2.07. The number of H-pyrrole nitrogens is 1. The zero-order chi connectivity index (χ0) is 19.3. The Kier molecular flexibility index (Phi) is 6.95. The number of hydrogen-bond acceptors (Lipinski definition) is 2. The lowest BCUT2D eigenvalue weighted by Crippen LogP contribution is -1.88. The number of nitrogen functional groups attached to an aromatic ring is 1. The topological polar surface area (TPSA) is 54.7 Å². The molecule has 0 aliphatic rings. The normalized spacial score (nSPS) is 10.8. The molecule has 4 rings (SSSR count). The van der Waals surface area contributed by atoms with Crippen LogP contribution in [0.25, 0.3) is 33.3 Å². The maximum absolute atomic E-state index is 6.02. The number of benzene rings is 3. The second kappa shape index (κ2) is 9.62. The van der Waals surface area contributed by atoms with Gasteiger partial charge < -0.3 is 10.7 Å². The van der Waals surface area contributed by atoms with Crippen molar-refractivity contribution >= 4 is 29.1 Å². The number of aromatic nitrogens is 2. The molecule has 0 aliphatic carbocycles. The fourth-order valence-corrected chi connectivity index (χ4v) is 3.74. The average Bonchev–Trinajstić information content (AvgIpc) is 3.13. The van der Waals surface area contributed by atoms with Crippen molar-refractivity contribution < 1.29 is 0 Å². The molecular formula is C25H28ClN3. The molecule has 0 atom stereocenters. The molecule has 0 unspecified atom stereocenters. The molecule has 29 heavy (non-hydrogen) atoms. The van der Waals surface area contributed by atoms with E-state index >= 15 is 0 Å². The molecule has 150 valence electrons. The van der Waals surface area contributed by atoms with E-state index in [1.807, 2.05) is 0 Å². The van der Waals surface area contributed by atoms with Crippen LogP contribution in [0, 0.1) is 0 Å². The molecule has 3 aromatic carbocycles. The summed E-state index contributed by atoms with van der Waals surface area (Å²) in [7, 11) is 0.